The fourth-order valence-electron chi connectivity index (χ4n) is 2.28. The van der Waals surface area contributed by atoms with Crippen LogP contribution in [-0.4, -0.2) is 37.0 Å². The van der Waals surface area contributed by atoms with Gasteiger partial charge < -0.3 is 19.3 Å². The molecular formula is C21H26O5. The average Bonchev–Trinajstić information content (AvgIpc) is 2.68. The van der Waals surface area contributed by atoms with Gasteiger partial charge in [0.05, 0.1) is 19.8 Å². The van der Waals surface area contributed by atoms with Crippen molar-refractivity contribution in [3.63, 3.8) is 0 Å². The molecule has 0 aliphatic rings. The Morgan fingerprint density at radius 1 is 0.846 bits per heavy atom. The largest absolute Gasteiger partial charge is 0.461 e. The topological polar surface area (TPSA) is 65.0 Å². The van der Waals surface area contributed by atoms with Crippen LogP contribution in [0.1, 0.15) is 24.0 Å². The number of hydrogen-bond donors (Lipinski definition) is 1. The summed E-state index contributed by atoms with van der Waals surface area (Å²) >= 11 is 0. The normalized spacial score (nSPS) is 11.9. The van der Waals surface area contributed by atoms with E-state index in [1.807, 2.05) is 60.7 Å². The molecule has 140 valence electrons. The first-order valence-corrected chi connectivity index (χ1v) is 8.81. The van der Waals surface area contributed by atoms with Crippen molar-refractivity contribution >= 4 is 5.97 Å². The zero-order valence-electron chi connectivity index (χ0n) is 14.9. The Morgan fingerprint density at radius 2 is 1.42 bits per heavy atom. The molecule has 0 unspecified atom stereocenters. The molecule has 1 N–H and O–H groups in total. The Kier molecular flexibility index (Phi) is 9.43. The van der Waals surface area contributed by atoms with Gasteiger partial charge in [0, 0.05) is 13.0 Å². The van der Waals surface area contributed by atoms with Crippen LogP contribution in [-0.2, 0) is 32.2 Å². The Bertz CT molecular complexity index is 615. The monoisotopic (exact) mass is 358 g/mol. The maximum absolute atomic E-state index is 11.6. The molecule has 0 saturated heterocycles. The van der Waals surface area contributed by atoms with Crippen LogP contribution in [0.3, 0.4) is 0 Å². The summed E-state index contributed by atoms with van der Waals surface area (Å²) in [6, 6.07) is 19.4. The van der Waals surface area contributed by atoms with Crippen molar-refractivity contribution < 1.29 is 24.1 Å². The predicted octanol–water partition coefficient (Wildman–Crippen LogP) is 3.10. The molecule has 0 bridgehead atoms. The van der Waals surface area contributed by atoms with Gasteiger partial charge in [-0.15, -0.1) is 0 Å². The maximum Gasteiger partial charge on any atom is 0.306 e. The molecule has 5 heteroatoms. The van der Waals surface area contributed by atoms with Gasteiger partial charge in [0.15, 0.2) is 0 Å². The summed E-state index contributed by atoms with van der Waals surface area (Å²) in [5, 5.41) is 9.80. The highest BCUT2D eigenvalue weighted by Crippen LogP contribution is 2.04. The van der Waals surface area contributed by atoms with Crippen LogP contribution in [0.2, 0.25) is 0 Å². The smallest absolute Gasteiger partial charge is 0.306 e. The molecule has 0 heterocycles. The molecule has 0 aliphatic heterocycles. The first-order valence-electron chi connectivity index (χ1n) is 8.81. The third-order valence-electron chi connectivity index (χ3n) is 3.64. The SMILES string of the molecule is O=C(CCCOC[C@H](O)COCc1ccccc1)OCc1ccccc1. The van der Waals surface area contributed by atoms with Gasteiger partial charge >= 0.3 is 5.97 Å². The van der Waals surface area contributed by atoms with E-state index in [4.69, 9.17) is 14.2 Å². The van der Waals surface area contributed by atoms with Crippen LogP contribution in [0.5, 0.6) is 0 Å². The van der Waals surface area contributed by atoms with Gasteiger partial charge in [0.2, 0.25) is 0 Å². The molecular weight excluding hydrogens is 332 g/mol. The minimum absolute atomic E-state index is 0.188. The zero-order valence-corrected chi connectivity index (χ0v) is 14.9. The fraction of sp³-hybridized carbons (Fsp3) is 0.381. The molecule has 0 saturated carbocycles. The third kappa shape index (κ3) is 8.76. The lowest BCUT2D eigenvalue weighted by molar-refractivity contribution is -0.145. The van der Waals surface area contributed by atoms with Gasteiger partial charge in [0.1, 0.15) is 12.7 Å². The van der Waals surface area contributed by atoms with Crippen molar-refractivity contribution in [2.45, 2.75) is 32.2 Å². The van der Waals surface area contributed by atoms with E-state index in [-0.39, 0.29) is 25.8 Å². The number of rotatable bonds is 12. The van der Waals surface area contributed by atoms with Crippen LogP contribution < -0.4 is 0 Å². The summed E-state index contributed by atoms with van der Waals surface area (Å²) in [5.74, 6) is -0.246. The van der Waals surface area contributed by atoms with Crippen LogP contribution in [0.25, 0.3) is 0 Å². The van der Waals surface area contributed by atoms with E-state index in [9.17, 15) is 9.90 Å². The summed E-state index contributed by atoms with van der Waals surface area (Å²) in [5.41, 5.74) is 2.03. The standard InChI is InChI=1S/C21H26O5/c22-20(17-25-14-18-8-3-1-4-9-18)16-24-13-7-12-21(23)26-15-19-10-5-2-6-11-19/h1-6,8-11,20,22H,7,12-17H2/t20-/m0/s1. The number of ether oxygens (including phenoxy) is 3. The maximum atomic E-state index is 11.6. The van der Waals surface area contributed by atoms with Gasteiger partial charge in [0.25, 0.3) is 0 Å². The van der Waals surface area contributed by atoms with E-state index in [0.29, 0.717) is 26.1 Å². The third-order valence-corrected chi connectivity index (χ3v) is 3.64. The van der Waals surface area contributed by atoms with E-state index in [1.165, 1.54) is 0 Å². The molecule has 0 fully saturated rings. The van der Waals surface area contributed by atoms with E-state index in [0.717, 1.165) is 11.1 Å². The highest BCUT2D eigenvalue weighted by atomic mass is 16.5. The first kappa shape index (κ1) is 20.1. The molecule has 0 amide bonds. The Hall–Kier alpha value is -2.21. The summed E-state index contributed by atoms with van der Waals surface area (Å²) in [4.78, 5) is 11.6. The van der Waals surface area contributed by atoms with E-state index >= 15 is 0 Å². The predicted molar refractivity (Wildman–Crippen MR) is 98.4 cm³/mol. The summed E-state index contributed by atoms with van der Waals surface area (Å²) in [6.45, 7) is 1.56. The van der Waals surface area contributed by atoms with Gasteiger partial charge in [-0.05, 0) is 17.5 Å². The quantitative estimate of drug-likeness (QED) is 0.466. The van der Waals surface area contributed by atoms with E-state index in [1.54, 1.807) is 0 Å². The van der Waals surface area contributed by atoms with E-state index in [2.05, 4.69) is 0 Å². The highest BCUT2D eigenvalue weighted by Gasteiger charge is 2.06. The van der Waals surface area contributed by atoms with Crippen molar-refractivity contribution in [1.29, 1.82) is 0 Å². The number of carbonyl (C=O) groups is 1. The number of aliphatic hydroxyl groups excluding tert-OH is 1. The minimum Gasteiger partial charge on any atom is -0.461 e. The summed E-state index contributed by atoms with van der Waals surface area (Å²) < 4.78 is 16.0. The van der Waals surface area contributed by atoms with Crippen molar-refractivity contribution in [2.24, 2.45) is 0 Å². The number of benzene rings is 2. The molecule has 2 rings (SSSR count). The molecule has 0 spiro atoms. The number of aliphatic hydroxyl groups is 1. The Labute approximate surface area is 154 Å². The molecule has 1 atom stereocenters. The zero-order chi connectivity index (χ0) is 18.5. The van der Waals surface area contributed by atoms with Gasteiger partial charge in [-0.3, -0.25) is 4.79 Å². The average molecular weight is 358 g/mol. The molecule has 2 aromatic carbocycles. The summed E-state index contributed by atoms with van der Waals surface area (Å²) in [6.07, 6.45) is 0.183. The van der Waals surface area contributed by atoms with Gasteiger partial charge in [-0.2, -0.15) is 0 Å². The molecule has 2 aromatic rings. The second kappa shape index (κ2) is 12.2. The van der Waals surface area contributed by atoms with E-state index < -0.39 is 6.10 Å². The summed E-state index contributed by atoms with van der Waals surface area (Å²) in [7, 11) is 0. The molecule has 5 nitrogen and oxygen atoms in total. The second-order valence-electron chi connectivity index (χ2n) is 5.98. The van der Waals surface area contributed by atoms with Gasteiger partial charge in [-0.25, -0.2) is 0 Å². The van der Waals surface area contributed by atoms with Crippen molar-refractivity contribution in [1.82, 2.24) is 0 Å². The molecule has 0 radical (unpaired) electrons. The second-order valence-corrected chi connectivity index (χ2v) is 5.98. The van der Waals surface area contributed by atoms with Crippen molar-refractivity contribution in [3.05, 3.63) is 71.8 Å². The lowest BCUT2D eigenvalue weighted by atomic mass is 10.2. The lowest BCUT2D eigenvalue weighted by Crippen LogP contribution is -2.22. The van der Waals surface area contributed by atoms with Crippen LogP contribution in [0, 0.1) is 0 Å². The minimum atomic E-state index is -0.677. The van der Waals surface area contributed by atoms with Crippen LogP contribution in [0.4, 0.5) is 0 Å². The van der Waals surface area contributed by atoms with Crippen LogP contribution in [0.15, 0.2) is 60.7 Å². The van der Waals surface area contributed by atoms with Crippen LogP contribution >= 0.6 is 0 Å². The molecule has 0 aromatic heterocycles. The Balaban J connectivity index is 1.44. The van der Waals surface area contributed by atoms with Gasteiger partial charge in [-0.1, -0.05) is 60.7 Å². The lowest BCUT2D eigenvalue weighted by Gasteiger charge is -2.12. The number of esters is 1. The fourth-order valence-corrected chi connectivity index (χ4v) is 2.28. The molecule has 26 heavy (non-hydrogen) atoms. The molecule has 0 aliphatic carbocycles. The van der Waals surface area contributed by atoms with Crippen molar-refractivity contribution in [3.8, 4) is 0 Å². The number of carbonyl (C=O) groups excluding carboxylic acids is 1. The number of hydrogen-bond acceptors (Lipinski definition) is 5. The highest BCUT2D eigenvalue weighted by molar-refractivity contribution is 5.69. The van der Waals surface area contributed by atoms with Crippen molar-refractivity contribution in [2.75, 3.05) is 19.8 Å². The Morgan fingerprint density at radius 3 is 2.08 bits per heavy atom. The first-order chi connectivity index (χ1) is 12.7.